The molecule has 0 spiro atoms. The second-order valence-corrected chi connectivity index (χ2v) is 3.62. The highest BCUT2D eigenvalue weighted by Crippen LogP contribution is 2.06. The molecule has 0 aliphatic heterocycles. The van der Waals surface area contributed by atoms with Gasteiger partial charge in [0.2, 0.25) is 0 Å². The van der Waals surface area contributed by atoms with Crippen LogP contribution in [0.1, 0.15) is 26.3 Å². The van der Waals surface area contributed by atoms with Gasteiger partial charge in [-0.15, -0.1) is 0 Å². The second-order valence-electron chi connectivity index (χ2n) is 3.62. The summed E-state index contributed by atoms with van der Waals surface area (Å²) in [6, 6.07) is 9.58. The number of carbonyl (C=O) groups excluding carboxylic acids is 1. The Balaban J connectivity index is 2.65. The zero-order valence-corrected chi connectivity index (χ0v) is 9.28. The molecule has 15 heavy (non-hydrogen) atoms. The summed E-state index contributed by atoms with van der Waals surface area (Å²) < 4.78 is 5.08. The van der Waals surface area contributed by atoms with E-state index in [1.807, 2.05) is 30.3 Å². The number of hydrogen-bond donors (Lipinski definition) is 0. The van der Waals surface area contributed by atoms with Crippen molar-refractivity contribution < 1.29 is 9.53 Å². The zero-order valence-electron chi connectivity index (χ0n) is 9.28. The van der Waals surface area contributed by atoms with Gasteiger partial charge in [0.05, 0.1) is 5.92 Å². The number of hydrogen-bond acceptors (Lipinski definition) is 2. The van der Waals surface area contributed by atoms with Crippen molar-refractivity contribution >= 4 is 5.97 Å². The molecular weight excluding hydrogens is 188 g/mol. The Morgan fingerprint density at radius 3 is 2.40 bits per heavy atom. The van der Waals surface area contributed by atoms with E-state index >= 15 is 0 Å². The van der Waals surface area contributed by atoms with Gasteiger partial charge in [0.25, 0.3) is 0 Å². The van der Waals surface area contributed by atoms with Crippen molar-refractivity contribution in [2.24, 2.45) is 5.92 Å². The Hall–Kier alpha value is -1.57. The van der Waals surface area contributed by atoms with Gasteiger partial charge in [0.15, 0.2) is 0 Å². The number of rotatable bonds is 3. The van der Waals surface area contributed by atoms with Crippen LogP contribution in [0.4, 0.5) is 0 Å². The molecule has 2 nitrogen and oxygen atoms in total. The Labute approximate surface area is 90.6 Å². The first-order valence-corrected chi connectivity index (χ1v) is 4.97. The quantitative estimate of drug-likeness (QED) is 0.557. The van der Waals surface area contributed by atoms with E-state index in [2.05, 4.69) is 6.08 Å². The first kappa shape index (κ1) is 11.5. The van der Waals surface area contributed by atoms with Crippen molar-refractivity contribution in [3.8, 4) is 0 Å². The second kappa shape index (κ2) is 5.35. The molecule has 0 saturated carbocycles. The lowest BCUT2D eigenvalue weighted by molar-refractivity contribution is -0.142. The van der Waals surface area contributed by atoms with Crippen molar-refractivity contribution in [3.63, 3.8) is 0 Å². The van der Waals surface area contributed by atoms with Crippen LogP contribution in [0.3, 0.4) is 0 Å². The number of benzene rings is 1. The van der Waals surface area contributed by atoms with Crippen LogP contribution in [0, 0.1) is 12.0 Å². The molecule has 2 heteroatoms. The molecule has 0 saturated heterocycles. The lowest BCUT2D eigenvalue weighted by Gasteiger charge is -2.06. The molecule has 1 aromatic rings. The minimum Gasteiger partial charge on any atom is -0.430 e. The fourth-order valence-corrected chi connectivity index (χ4v) is 1.02. The van der Waals surface area contributed by atoms with E-state index in [1.165, 1.54) is 0 Å². The van der Waals surface area contributed by atoms with Crippen molar-refractivity contribution in [3.05, 3.63) is 47.7 Å². The highest BCUT2D eigenvalue weighted by molar-refractivity contribution is 5.72. The predicted octanol–water partition coefficient (Wildman–Crippen LogP) is 2.94. The normalized spacial score (nSPS) is 11.6. The van der Waals surface area contributed by atoms with Gasteiger partial charge in [-0.1, -0.05) is 44.2 Å². The topological polar surface area (TPSA) is 26.3 Å². The van der Waals surface area contributed by atoms with Gasteiger partial charge in [0, 0.05) is 6.08 Å². The third-order valence-corrected chi connectivity index (χ3v) is 1.82. The monoisotopic (exact) mass is 203 g/mol. The predicted molar refractivity (Wildman–Crippen MR) is 58.9 cm³/mol. The Morgan fingerprint density at radius 1 is 1.27 bits per heavy atom. The average molecular weight is 203 g/mol. The third kappa shape index (κ3) is 3.98. The maximum Gasteiger partial charge on any atom is 0.313 e. The molecule has 1 aromatic carbocycles. The van der Waals surface area contributed by atoms with E-state index < -0.39 is 0 Å². The molecule has 0 unspecified atom stereocenters. The SMILES string of the molecule is CC(=[C]c1ccccc1)OC(=O)C(C)C. The molecule has 79 valence electrons. The first-order chi connectivity index (χ1) is 7.09. The van der Waals surface area contributed by atoms with E-state index in [4.69, 9.17) is 4.74 Å². The maximum atomic E-state index is 11.3. The summed E-state index contributed by atoms with van der Waals surface area (Å²) in [6.45, 7) is 5.34. The Bertz CT molecular complexity index is 350. The average Bonchev–Trinajstić information content (AvgIpc) is 2.18. The van der Waals surface area contributed by atoms with Crippen molar-refractivity contribution in [2.75, 3.05) is 0 Å². The summed E-state index contributed by atoms with van der Waals surface area (Å²) in [5, 5.41) is 0. The lowest BCUT2D eigenvalue weighted by atomic mass is 10.2. The third-order valence-electron chi connectivity index (χ3n) is 1.82. The van der Waals surface area contributed by atoms with Crippen molar-refractivity contribution in [2.45, 2.75) is 20.8 Å². The number of esters is 1. The summed E-state index contributed by atoms with van der Waals surface area (Å²) >= 11 is 0. The van der Waals surface area contributed by atoms with Gasteiger partial charge >= 0.3 is 5.97 Å². The molecule has 0 heterocycles. The summed E-state index contributed by atoms with van der Waals surface area (Å²) in [7, 11) is 0. The summed E-state index contributed by atoms with van der Waals surface area (Å²) in [5.41, 5.74) is 0.909. The molecule has 1 rings (SSSR count). The van der Waals surface area contributed by atoms with Crippen molar-refractivity contribution in [1.82, 2.24) is 0 Å². The molecule has 0 bridgehead atoms. The van der Waals surface area contributed by atoms with Crippen LogP contribution in [0.2, 0.25) is 0 Å². The summed E-state index contributed by atoms with van der Waals surface area (Å²) in [5.74, 6) is 0.161. The Kier molecular flexibility index (Phi) is 4.10. The molecule has 1 radical (unpaired) electrons. The van der Waals surface area contributed by atoms with Gasteiger partial charge in [-0.3, -0.25) is 4.79 Å². The molecule has 0 aliphatic rings. The van der Waals surface area contributed by atoms with E-state index in [0.717, 1.165) is 5.56 Å². The molecule has 0 aromatic heterocycles. The van der Waals surface area contributed by atoms with Gasteiger partial charge in [0.1, 0.15) is 5.76 Å². The number of carbonyl (C=O) groups is 1. The molecule has 0 N–H and O–H groups in total. The van der Waals surface area contributed by atoms with Crippen LogP contribution in [0.15, 0.2) is 36.1 Å². The molecule has 0 aliphatic carbocycles. The highest BCUT2D eigenvalue weighted by Gasteiger charge is 2.08. The largest absolute Gasteiger partial charge is 0.430 e. The molecular formula is C13H15O2. The highest BCUT2D eigenvalue weighted by atomic mass is 16.5. The fourth-order valence-electron chi connectivity index (χ4n) is 1.02. The van der Waals surface area contributed by atoms with E-state index in [-0.39, 0.29) is 11.9 Å². The van der Waals surface area contributed by atoms with Crippen LogP contribution in [0.25, 0.3) is 0 Å². The van der Waals surface area contributed by atoms with Gasteiger partial charge in [-0.05, 0) is 12.5 Å². The molecule has 0 amide bonds. The van der Waals surface area contributed by atoms with Crippen LogP contribution in [-0.2, 0) is 9.53 Å². The van der Waals surface area contributed by atoms with Crippen LogP contribution in [0.5, 0.6) is 0 Å². The fraction of sp³-hybridized carbons (Fsp3) is 0.308. The first-order valence-electron chi connectivity index (χ1n) is 4.97. The minimum absolute atomic E-state index is 0.113. The van der Waals surface area contributed by atoms with E-state index in [9.17, 15) is 4.79 Å². The molecule has 0 fully saturated rings. The van der Waals surface area contributed by atoms with Gasteiger partial charge < -0.3 is 4.74 Å². The van der Waals surface area contributed by atoms with Crippen LogP contribution in [-0.4, -0.2) is 5.97 Å². The lowest BCUT2D eigenvalue weighted by Crippen LogP contribution is -2.10. The van der Waals surface area contributed by atoms with E-state index in [1.54, 1.807) is 20.8 Å². The van der Waals surface area contributed by atoms with Gasteiger partial charge in [-0.2, -0.15) is 0 Å². The van der Waals surface area contributed by atoms with Crippen LogP contribution >= 0.6 is 0 Å². The van der Waals surface area contributed by atoms with Crippen LogP contribution < -0.4 is 0 Å². The minimum atomic E-state index is -0.226. The zero-order chi connectivity index (χ0) is 11.3. The molecule has 0 atom stereocenters. The Morgan fingerprint density at radius 2 is 1.87 bits per heavy atom. The van der Waals surface area contributed by atoms with E-state index in [0.29, 0.717) is 5.76 Å². The smallest absolute Gasteiger partial charge is 0.313 e. The standard InChI is InChI=1S/C13H15O2/c1-10(2)13(14)15-11(3)9-12-7-5-4-6-8-12/h4-8,10H,1-3H3. The summed E-state index contributed by atoms with van der Waals surface area (Å²) in [6.07, 6.45) is 3.00. The van der Waals surface area contributed by atoms with Gasteiger partial charge in [-0.25, -0.2) is 0 Å². The number of ether oxygens (including phenoxy) is 1. The maximum absolute atomic E-state index is 11.3. The summed E-state index contributed by atoms with van der Waals surface area (Å²) in [4.78, 5) is 11.3. The van der Waals surface area contributed by atoms with Crippen molar-refractivity contribution in [1.29, 1.82) is 0 Å². The number of allylic oxidation sites excluding steroid dienone is 1.